The lowest BCUT2D eigenvalue weighted by atomic mass is 9.52. The van der Waals surface area contributed by atoms with Gasteiger partial charge >= 0.3 is 0 Å². The lowest BCUT2D eigenvalue weighted by molar-refractivity contribution is -0.218. The van der Waals surface area contributed by atoms with Crippen molar-refractivity contribution in [3.63, 3.8) is 0 Å². The van der Waals surface area contributed by atoms with Crippen LogP contribution in [0.2, 0.25) is 0 Å². The van der Waals surface area contributed by atoms with Crippen LogP contribution in [0.15, 0.2) is 34.3 Å². The van der Waals surface area contributed by atoms with Crippen LogP contribution < -0.4 is 0 Å². The Bertz CT molecular complexity index is 1220. The second-order valence-corrected chi connectivity index (χ2v) is 15.2. The van der Waals surface area contributed by atoms with Gasteiger partial charge in [0.25, 0.3) is 0 Å². The van der Waals surface area contributed by atoms with Crippen LogP contribution in [0.5, 0.6) is 0 Å². The first kappa shape index (κ1) is 27.2. The van der Waals surface area contributed by atoms with Crippen molar-refractivity contribution >= 4 is 21.6 Å². The SMILES string of the molecule is Cc1ccc(S(=O)(=O)N2C[C@@]23CC[C@H]([C@@]2(C)CC[C@H](Cl)C(C)(C)O2)[C@H]2[C@@H](N=[N+]=[N-])[C@](C)(O)CC[C@@H]23)cc1. The van der Waals surface area contributed by atoms with E-state index in [0.29, 0.717) is 24.3 Å². The molecule has 2 aliphatic carbocycles. The third kappa shape index (κ3) is 4.30. The smallest absolute Gasteiger partial charge is 0.243 e. The minimum atomic E-state index is -3.66. The van der Waals surface area contributed by atoms with Crippen molar-refractivity contribution in [2.45, 2.75) is 112 Å². The van der Waals surface area contributed by atoms with Crippen molar-refractivity contribution in [1.82, 2.24) is 4.31 Å². The third-order valence-corrected chi connectivity index (χ3v) is 12.7. The molecule has 0 amide bonds. The summed E-state index contributed by atoms with van der Waals surface area (Å²) in [7, 11) is -3.66. The van der Waals surface area contributed by atoms with E-state index in [-0.39, 0.29) is 23.1 Å². The maximum absolute atomic E-state index is 13.7. The van der Waals surface area contributed by atoms with Crippen LogP contribution in [0, 0.1) is 24.7 Å². The predicted molar refractivity (Wildman–Crippen MR) is 143 cm³/mol. The summed E-state index contributed by atoms with van der Waals surface area (Å²) in [4.78, 5) is 3.46. The van der Waals surface area contributed by atoms with Gasteiger partial charge in [-0.1, -0.05) is 22.8 Å². The van der Waals surface area contributed by atoms with Crippen molar-refractivity contribution in [3.05, 3.63) is 40.3 Å². The summed E-state index contributed by atoms with van der Waals surface area (Å²) in [6, 6.07) is 6.34. The van der Waals surface area contributed by atoms with E-state index in [0.717, 1.165) is 31.2 Å². The molecule has 0 radical (unpaired) electrons. The molecule has 10 heteroatoms. The molecular weight excluding hydrogens is 512 g/mol. The highest BCUT2D eigenvalue weighted by atomic mass is 35.5. The van der Waals surface area contributed by atoms with Crippen LogP contribution >= 0.6 is 11.6 Å². The Kier molecular flexibility index (Phi) is 6.50. The monoisotopic (exact) mass is 550 g/mol. The molecule has 1 spiro atoms. The highest BCUT2D eigenvalue weighted by Crippen LogP contribution is 2.63. The molecule has 4 fully saturated rings. The molecule has 8 nitrogen and oxygen atoms in total. The fourth-order valence-corrected chi connectivity index (χ4v) is 9.91. The van der Waals surface area contributed by atoms with Gasteiger partial charge in [-0.2, -0.15) is 4.31 Å². The first-order valence-corrected chi connectivity index (χ1v) is 15.3. The van der Waals surface area contributed by atoms with Gasteiger partial charge in [-0.05, 0) is 109 Å². The number of halogens is 1. The molecule has 2 aliphatic heterocycles. The van der Waals surface area contributed by atoms with Gasteiger partial charge < -0.3 is 9.84 Å². The van der Waals surface area contributed by atoms with Gasteiger partial charge in [-0.25, -0.2) is 8.42 Å². The topological polar surface area (TPSA) is 115 Å². The van der Waals surface area contributed by atoms with E-state index in [1.165, 1.54) is 0 Å². The molecule has 9 atom stereocenters. The molecule has 1 unspecified atom stereocenters. The van der Waals surface area contributed by atoms with Gasteiger partial charge in [0.05, 0.1) is 38.7 Å². The van der Waals surface area contributed by atoms with E-state index >= 15 is 0 Å². The summed E-state index contributed by atoms with van der Waals surface area (Å²) in [6.07, 6.45) is 4.15. The normalized spacial score (nSPS) is 45.1. The summed E-state index contributed by atoms with van der Waals surface area (Å²) in [5.74, 6) is -0.253. The van der Waals surface area contributed by atoms with Crippen molar-refractivity contribution in [2.24, 2.45) is 22.9 Å². The molecule has 2 saturated carbocycles. The molecule has 5 rings (SSSR count). The van der Waals surface area contributed by atoms with Crippen LogP contribution in [0.25, 0.3) is 10.4 Å². The van der Waals surface area contributed by atoms with Crippen molar-refractivity contribution in [1.29, 1.82) is 0 Å². The number of rotatable bonds is 4. The lowest BCUT2D eigenvalue weighted by Gasteiger charge is -2.59. The van der Waals surface area contributed by atoms with Crippen LogP contribution in [-0.2, 0) is 14.8 Å². The van der Waals surface area contributed by atoms with Crippen molar-refractivity contribution < 1.29 is 18.3 Å². The second-order valence-electron chi connectivity index (χ2n) is 12.8. The van der Waals surface area contributed by atoms with E-state index < -0.39 is 38.4 Å². The number of benzene rings is 1. The van der Waals surface area contributed by atoms with Crippen LogP contribution in [0.1, 0.15) is 71.8 Å². The molecule has 2 heterocycles. The highest BCUT2D eigenvalue weighted by molar-refractivity contribution is 7.89. The first-order valence-electron chi connectivity index (χ1n) is 13.4. The lowest BCUT2D eigenvalue weighted by Crippen LogP contribution is -2.64. The third-order valence-electron chi connectivity index (χ3n) is 10.00. The van der Waals surface area contributed by atoms with Gasteiger partial charge in [-0.3, -0.25) is 0 Å². The largest absolute Gasteiger partial charge is 0.390 e. The summed E-state index contributed by atoms with van der Waals surface area (Å²) in [5, 5.41) is 15.5. The zero-order chi connectivity index (χ0) is 27.0. The predicted octanol–water partition coefficient (Wildman–Crippen LogP) is 5.56. The van der Waals surface area contributed by atoms with Crippen molar-refractivity contribution in [2.75, 3.05) is 6.54 Å². The number of aliphatic hydroxyl groups is 1. The minimum absolute atomic E-state index is 0.00151. The number of hydrogen-bond donors (Lipinski definition) is 1. The van der Waals surface area contributed by atoms with Gasteiger partial charge in [0, 0.05) is 11.5 Å². The zero-order valence-corrected chi connectivity index (χ0v) is 24.0. The number of alkyl halides is 1. The Morgan fingerprint density at radius 2 is 1.73 bits per heavy atom. The van der Waals surface area contributed by atoms with E-state index in [2.05, 4.69) is 16.9 Å². The first-order chi connectivity index (χ1) is 17.2. The molecule has 204 valence electrons. The van der Waals surface area contributed by atoms with Gasteiger partial charge in [0.15, 0.2) is 0 Å². The van der Waals surface area contributed by atoms with Gasteiger partial charge in [0.2, 0.25) is 10.0 Å². The van der Waals surface area contributed by atoms with E-state index in [4.69, 9.17) is 16.3 Å². The minimum Gasteiger partial charge on any atom is -0.390 e. The maximum Gasteiger partial charge on any atom is 0.243 e. The number of nitrogens with zero attached hydrogens (tertiary/aromatic N) is 4. The van der Waals surface area contributed by atoms with Crippen LogP contribution in [0.4, 0.5) is 0 Å². The average Bonchev–Trinajstić information content (AvgIpc) is 3.54. The number of ether oxygens (including phenoxy) is 1. The Balaban J connectivity index is 1.54. The van der Waals surface area contributed by atoms with Crippen LogP contribution in [0.3, 0.4) is 0 Å². The maximum atomic E-state index is 13.7. The number of aryl methyl sites for hydroxylation is 1. The zero-order valence-electron chi connectivity index (χ0n) is 22.4. The standard InChI is InChI=1S/C27H39ClN4O4S/c1-17-6-8-18(9-7-17)37(34,35)32-16-27(32)15-11-19(26(5)14-12-21(28)24(2,3)36-26)22-20(27)10-13-25(4,33)23(22)30-31-29/h6-9,19-23,33H,10-16H2,1-5H3/t19-,20-,21-,22+,23+,25+,26+,27+,32?/m0/s1. The van der Waals surface area contributed by atoms with Gasteiger partial charge in [0.1, 0.15) is 0 Å². The molecule has 37 heavy (non-hydrogen) atoms. The fourth-order valence-electron chi connectivity index (χ4n) is 7.92. The molecule has 1 aromatic rings. The molecule has 4 aliphatic rings. The Labute approximate surface area is 225 Å². The molecule has 0 aromatic heterocycles. The van der Waals surface area contributed by atoms with Gasteiger partial charge in [-0.15, -0.1) is 11.6 Å². The highest BCUT2D eigenvalue weighted by Gasteiger charge is 2.70. The van der Waals surface area contributed by atoms with E-state index in [1.54, 1.807) is 23.4 Å². The quantitative estimate of drug-likeness (QED) is 0.174. The molecule has 1 aromatic carbocycles. The molecule has 0 bridgehead atoms. The second kappa shape index (κ2) is 8.83. The summed E-state index contributed by atoms with van der Waals surface area (Å²) in [5.41, 5.74) is 7.77. The number of sulfonamides is 1. The molecule has 1 N–H and O–H groups in total. The molecular formula is C27H39ClN4O4S. The summed E-state index contributed by atoms with van der Waals surface area (Å²) in [6.45, 7) is 10.3. The number of fused-ring (bicyclic) bond motifs is 2. The van der Waals surface area contributed by atoms with E-state index in [1.807, 2.05) is 32.9 Å². The van der Waals surface area contributed by atoms with E-state index in [9.17, 15) is 19.1 Å². The average molecular weight is 551 g/mol. The Morgan fingerprint density at radius 3 is 2.35 bits per heavy atom. The summed E-state index contributed by atoms with van der Waals surface area (Å²) >= 11 is 6.62. The fraction of sp³-hybridized carbons (Fsp3) is 0.778. The molecule has 2 saturated heterocycles. The Morgan fingerprint density at radius 1 is 1.08 bits per heavy atom. The number of azide groups is 1. The van der Waals surface area contributed by atoms with Crippen molar-refractivity contribution in [3.8, 4) is 0 Å². The summed E-state index contributed by atoms with van der Waals surface area (Å²) < 4.78 is 35.8. The number of hydrogen-bond acceptors (Lipinski definition) is 5. The Hall–Kier alpha value is -1.35. The van der Waals surface area contributed by atoms with Crippen LogP contribution in [-0.4, -0.2) is 58.1 Å².